The molecule has 0 spiro atoms. The first kappa shape index (κ1) is 15.1. The summed E-state index contributed by atoms with van der Waals surface area (Å²) in [7, 11) is -1.43. The highest BCUT2D eigenvalue weighted by Gasteiger charge is 2.20. The molecule has 0 radical (unpaired) electrons. The van der Waals surface area contributed by atoms with Gasteiger partial charge in [0.15, 0.2) is 0 Å². The molecule has 0 fully saturated rings. The molecule has 1 aromatic rings. The predicted molar refractivity (Wildman–Crippen MR) is 74.7 cm³/mol. The van der Waals surface area contributed by atoms with E-state index in [2.05, 4.69) is 10.0 Å². The van der Waals surface area contributed by atoms with Crippen molar-refractivity contribution < 1.29 is 8.42 Å². The molecular formula is C13H22N2O2S. The highest BCUT2D eigenvalue weighted by molar-refractivity contribution is 7.88. The van der Waals surface area contributed by atoms with Gasteiger partial charge in [-0.2, -0.15) is 0 Å². The summed E-state index contributed by atoms with van der Waals surface area (Å²) in [5, 5.41) is 3.05. The zero-order valence-corrected chi connectivity index (χ0v) is 12.3. The van der Waals surface area contributed by atoms with Gasteiger partial charge in [-0.1, -0.05) is 24.3 Å². The SMILES string of the molecule is CNCc1cccc(CS(=O)(=O)NC(C)(C)C)c1. The molecule has 4 nitrogen and oxygen atoms in total. The average Bonchev–Trinajstić information content (AvgIpc) is 2.13. The fraction of sp³-hybridized carbons (Fsp3) is 0.538. The Kier molecular flexibility index (Phi) is 4.90. The molecule has 0 atom stereocenters. The van der Waals surface area contributed by atoms with Crippen molar-refractivity contribution in [2.24, 2.45) is 0 Å². The van der Waals surface area contributed by atoms with E-state index < -0.39 is 15.6 Å². The first-order valence-electron chi connectivity index (χ1n) is 5.96. The summed E-state index contributed by atoms with van der Waals surface area (Å²) in [5.74, 6) is 0.0157. The molecule has 1 aromatic carbocycles. The first-order valence-corrected chi connectivity index (χ1v) is 7.61. The maximum absolute atomic E-state index is 12.0. The van der Waals surface area contributed by atoms with Crippen molar-refractivity contribution >= 4 is 10.0 Å². The maximum Gasteiger partial charge on any atom is 0.216 e. The molecule has 0 saturated heterocycles. The van der Waals surface area contributed by atoms with Crippen molar-refractivity contribution in [1.82, 2.24) is 10.0 Å². The first-order chi connectivity index (χ1) is 8.22. The van der Waals surface area contributed by atoms with Crippen LogP contribution < -0.4 is 10.0 Å². The second-order valence-electron chi connectivity index (χ2n) is 5.46. The van der Waals surface area contributed by atoms with Crippen molar-refractivity contribution in [3.8, 4) is 0 Å². The van der Waals surface area contributed by atoms with Crippen LogP contribution in [0.2, 0.25) is 0 Å². The van der Waals surface area contributed by atoms with Gasteiger partial charge in [-0.3, -0.25) is 0 Å². The molecule has 0 unspecified atom stereocenters. The van der Waals surface area contributed by atoms with Gasteiger partial charge in [-0.25, -0.2) is 13.1 Å². The minimum Gasteiger partial charge on any atom is -0.316 e. The molecule has 18 heavy (non-hydrogen) atoms. The number of sulfonamides is 1. The summed E-state index contributed by atoms with van der Waals surface area (Å²) in [4.78, 5) is 0. The van der Waals surface area contributed by atoms with Crippen LogP contribution in [0, 0.1) is 0 Å². The minimum absolute atomic E-state index is 0.0157. The molecule has 0 aliphatic carbocycles. The van der Waals surface area contributed by atoms with Crippen LogP contribution >= 0.6 is 0 Å². The van der Waals surface area contributed by atoms with Crippen molar-refractivity contribution in [3.63, 3.8) is 0 Å². The number of benzene rings is 1. The van der Waals surface area contributed by atoms with E-state index in [1.165, 1.54) is 0 Å². The standard InChI is InChI=1S/C13H22N2O2S/c1-13(2,3)15-18(16,17)10-12-7-5-6-11(8-12)9-14-4/h5-8,14-15H,9-10H2,1-4H3. The van der Waals surface area contributed by atoms with E-state index in [0.717, 1.165) is 17.7 Å². The Morgan fingerprint density at radius 1 is 1.17 bits per heavy atom. The van der Waals surface area contributed by atoms with Gasteiger partial charge in [-0.05, 0) is 38.9 Å². The number of nitrogens with one attached hydrogen (secondary N) is 2. The molecule has 5 heteroatoms. The van der Waals surface area contributed by atoms with Gasteiger partial charge in [0, 0.05) is 12.1 Å². The van der Waals surface area contributed by atoms with E-state index in [0.29, 0.717) is 0 Å². The van der Waals surface area contributed by atoms with Gasteiger partial charge < -0.3 is 5.32 Å². The lowest BCUT2D eigenvalue weighted by Crippen LogP contribution is -2.41. The molecular weight excluding hydrogens is 248 g/mol. The van der Waals surface area contributed by atoms with Crippen LogP contribution in [0.3, 0.4) is 0 Å². The summed E-state index contributed by atoms with van der Waals surface area (Å²) in [5.41, 5.74) is 1.45. The second kappa shape index (κ2) is 5.82. The Hall–Kier alpha value is -0.910. The third-order valence-electron chi connectivity index (χ3n) is 2.19. The Morgan fingerprint density at radius 3 is 2.33 bits per heavy atom. The van der Waals surface area contributed by atoms with Gasteiger partial charge >= 0.3 is 0 Å². The molecule has 2 N–H and O–H groups in total. The predicted octanol–water partition coefficient (Wildman–Crippen LogP) is 1.62. The topological polar surface area (TPSA) is 58.2 Å². The van der Waals surface area contributed by atoms with Crippen molar-refractivity contribution in [2.75, 3.05) is 7.05 Å². The normalized spacial score (nSPS) is 12.7. The van der Waals surface area contributed by atoms with Crippen LogP contribution in [0.1, 0.15) is 31.9 Å². The maximum atomic E-state index is 12.0. The van der Waals surface area contributed by atoms with E-state index in [1.54, 1.807) is 0 Å². The van der Waals surface area contributed by atoms with Crippen LogP contribution in [0.5, 0.6) is 0 Å². The molecule has 0 aromatic heterocycles. The summed E-state index contributed by atoms with van der Waals surface area (Å²) < 4.78 is 26.6. The smallest absolute Gasteiger partial charge is 0.216 e. The molecule has 0 saturated carbocycles. The quantitative estimate of drug-likeness (QED) is 0.855. The highest BCUT2D eigenvalue weighted by atomic mass is 32.2. The van der Waals surface area contributed by atoms with Crippen LogP contribution in [0.25, 0.3) is 0 Å². The Labute approximate surface area is 110 Å². The molecule has 0 heterocycles. The average molecular weight is 270 g/mol. The highest BCUT2D eigenvalue weighted by Crippen LogP contribution is 2.11. The van der Waals surface area contributed by atoms with Crippen LogP contribution in [0.4, 0.5) is 0 Å². The second-order valence-corrected chi connectivity index (χ2v) is 7.18. The fourth-order valence-corrected chi connectivity index (χ4v) is 3.38. The Balaban J connectivity index is 2.81. The van der Waals surface area contributed by atoms with Gasteiger partial charge in [0.05, 0.1) is 5.75 Å². The van der Waals surface area contributed by atoms with Crippen LogP contribution in [-0.2, 0) is 22.3 Å². The number of rotatable bonds is 5. The largest absolute Gasteiger partial charge is 0.316 e. The van der Waals surface area contributed by atoms with Gasteiger partial charge in [0.25, 0.3) is 0 Å². The van der Waals surface area contributed by atoms with E-state index >= 15 is 0 Å². The number of hydrogen-bond acceptors (Lipinski definition) is 3. The zero-order chi connectivity index (χ0) is 13.8. The summed E-state index contributed by atoms with van der Waals surface area (Å²) in [6, 6.07) is 7.61. The van der Waals surface area contributed by atoms with Gasteiger partial charge in [0.2, 0.25) is 10.0 Å². The fourth-order valence-electron chi connectivity index (χ4n) is 1.76. The lowest BCUT2D eigenvalue weighted by Gasteiger charge is -2.20. The van der Waals surface area contributed by atoms with Crippen molar-refractivity contribution in [1.29, 1.82) is 0 Å². The minimum atomic E-state index is -3.29. The molecule has 0 aliphatic heterocycles. The van der Waals surface area contributed by atoms with E-state index in [-0.39, 0.29) is 5.75 Å². The van der Waals surface area contributed by atoms with Crippen LogP contribution in [0.15, 0.2) is 24.3 Å². The lowest BCUT2D eigenvalue weighted by molar-refractivity contribution is 0.491. The van der Waals surface area contributed by atoms with Crippen molar-refractivity contribution in [2.45, 2.75) is 38.6 Å². The molecule has 0 amide bonds. The van der Waals surface area contributed by atoms with Gasteiger partial charge in [-0.15, -0.1) is 0 Å². The summed E-state index contributed by atoms with van der Waals surface area (Å²) in [6.45, 7) is 6.24. The zero-order valence-electron chi connectivity index (χ0n) is 11.4. The monoisotopic (exact) mass is 270 g/mol. The van der Waals surface area contributed by atoms with E-state index in [9.17, 15) is 8.42 Å². The summed E-state index contributed by atoms with van der Waals surface area (Å²) >= 11 is 0. The lowest BCUT2D eigenvalue weighted by atomic mass is 10.1. The Morgan fingerprint density at radius 2 is 1.78 bits per heavy atom. The van der Waals surface area contributed by atoms with Crippen molar-refractivity contribution in [3.05, 3.63) is 35.4 Å². The third-order valence-corrected chi connectivity index (χ3v) is 3.83. The summed E-state index contributed by atoms with van der Waals surface area (Å²) in [6.07, 6.45) is 0. The molecule has 1 rings (SSSR count). The number of hydrogen-bond donors (Lipinski definition) is 2. The molecule has 102 valence electrons. The molecule has 0 aliphatic rings. The Bertz CT molecular complexity index is 490. The van der Waals surface area contributed by atoms with Crippen LogP contribution in [-0.4, -0.2) is 21.0 Å². The molecule has 0 bridgehead atoms. The van der Waals surface area contributed by atoms with E-state index in [1.807, 2.05) is 52.1 Å². The van der Waals surface area contributed by atoms with E-state index in [4.69, 9.17) is 0 Å². The van der Waals surface area contributed by atoms with Gasteiger partial charge in [0.1, 0.15) is 0 Å². The third kappa shape index (κ3) is 5.62.